The smallest absolute Gasteiger partial charge is 0.380 e. The van der Waals surface area contributed by atoms with Gasteiger partial charge in [-0.1, -0.05) is 36.4 Å². The average Bonchev–Trinajstić information content (AvgIpc) is 3.49. The van der Waals surface area contributed by atoms with E-state index in [1.165, 1.54) is 42.1 Å². The molecule has 5 amide bonds. The molecule has 66 heavy (non-hydrogen) atoms. The van der Waals surface area contributed by atoms with E-state index in [-0.39, 0.29) is 65.9 Å². The first kappa shape index (κ1) is 48.3. The van der Waals surface area contributed by atoms with Crippen molar-refractivity contribution in [3.05, 3.63) is 119 Å². The normalized spacial score (nSPS) is 20.2. The molecule has 3 N–H and O–H groups in total. The molecule has 0 spiro atoms. The quantitative estimate of drug-likeness (QED) is 0.0800. The Morgan fingerprint density at radius 3 is 2.11 bits per heavy atom. The first-order chi connectivity index (χ1) is 31.1. The molecule has 2 fully saturated rings. The third-order valence-electron chi connectivity index (χ3n) is 11.6. The van der Waals surface area contributed by atoms with E-state index in [1.54, 1.807) is 22.9 Å². The third-order valence-corrected chi connectivity index (χ3v) is 15.6. The van der Waals surface area contributed by atoms with Crippen LogP contribution in [0.15, 0.2) is 106 Å². The van der Waals surface area contributed by atoms with E-state index in [1.807, 2.05) is 36.9 Å². The van der Waals surface area contributed by atoms with Crippen molar-refractivity contribution in [2.24, 2.45) is 0 Å². The number of sulfonamides is 1. The van der Waals surface area contributed by atoms with Crippen LogP contribution >= 0.6 is 11.8 Å². The third kappa shape index (κ3) is 10.3. The van der Waals surface area contributed by atoms with Crippen LogP contribution in [0.25, 0.3) is 0 Å². The number of thioether (sulfide) groups is 1. The fraction of sp³-hybridized carbons (Fsp3) is 0.341. The summed E-state index contributed by atoms with van der Waals surface area (Å²) < 4.78 is 113. The van der Waals surface area contributed by atoms with E-state index >= 15 is 4.39 Å². The molecule has 4 aromatic rings. The van der Waals surface area contributed by atoms with E-state index in [0.717, 1.165) is 28.0 Å². The zero-order chi connectivity index (χ0) is 47.7. The number of amides is 5. The van der Waals surface area contributed by atoms with Gasteiger partial charge in [-0.2, -0.15) is 13.2 Å². The van der Waals surface area contributed by atoms with Gasteiger partial charge in [0, 0.05) is 72.5 Å². The molecule has 4 aromatic carbocycles. The summed E-state index contributed by atoms with van der Waals surface area (Å²) in [6.07, 6.45) is 0.156. The molecule has 3 aliphatic rings. The molecular formula is C44H44F4N6O9S3. The highest BCUT2D eigenvalue weighted by molar-refractivity contribution is 7.99. The summed E-state index contributed by atoms with van der Waals surface area (Å²) >= 11 is 1.37. The van der Waals surface area contributed by atoms with Crippen LogP contribution in [0.2, 0.25) is 0 Å². The maximum atomic E-state index is 15.6. The second kappa shape index (κ2) is 19.3. The average molecular weight is 973 g/mol. The summed E-state index contributed by atoms with van der Waals surface area (Å²) in [5.41, 5.74) is -6.45. The van der Waals surface area contributed by atoms with Gasteiger partial charge >= 0.3 is 5.51 Å². The zero-order valence-corrected chi connectivity index (χ0v) is 37.8. The molecule has 15 nitrogen and oxygen atoms in total. The number of nitrogens with one attached hydrogen (secondary N) is 3. The van der Waals surface area contributed by atoms with Crippen LogP contribution in [0.4, 0.5) is 23.2 Å². The lowest BCUT2D eigenvalue weighted by molar-refractivity contribution is -0.136. The number of rotatable bonds is 15. The summed E-state index contributed by atoms with van der Waals surface area (Å²) in [6.45, 7) is 5.13. The van der Waals surface area contributed by atoms with Crippen LogP contribution in [0.5, 0.6) is 0 Å². The molecule has 0 bridgehead atoms. The Bertz CT molecular complexity index is 2770. The number of hydrogen-bond acceptors (Lipinski definition) is 13. The number of hydrogen-bond donors (Lipinski definition) is 3. The highest BCUT2D eigenvalue weighted by Gasteiger charge is 2.49. The monoisotopic (exact) mass is 972 g/mol. The first-order valence-corrected chi connectivity index (χ1v) is 24.6. The zero-order valence-electron chi connectivity index (χ0n) is 35.4. The van der Waals surface area contributed by atoms with E-state index in [2.05, 4.69) is 15.5 Å². The maximum Gasteiger partial charge on any atom is 0.501 e. The number of piperidine rings is 1. The Labute approximate surface area is 382 Å². The van der Waals surface area contributed by atoms with Crippen molar-refractivity contribution in [2.75, 3.05) is 30.7 Å². The predicted molar refractivity (Wildman–Crippen MR) is 234 cm³/mol. The van der Waals surface area contributed by atoms with Crippen molar-refractivity contribution >= 4 is 66.8 Å². The van der Waals surface area contributed by atoms with Crippen LogP contribution in [-0.2, 0) is 36.0 Å². The minimum Gasteiger partial charge on any atom is -0.380 e. The number of imide groups is 2. The molecule has 22 heteroatoms. The minimum absolute atomic E-state index is 0.0490. The minimum atomic E-state index is -6.15. The number of benzene rings is 4. The van der Waals surface area contributed by atoms with Gasteiger partial charge in [-0.05, 0) is 81.3 Å². The van der Waals surface area contributed by atoms with Crippen LogP contribution in [0, 0.1) is 5.82 Å². The van der Waals surface area contributed by atoms with Crippen molar-refractivity contribution in [3.63, 3.8) is 0 Å². The standard InChI is InChI=1S/C44H44F4N6O9S3/c1-26-22-52(24-29-19-33-34(21-35(29)45)43(59)54(42(33)58)37-15-16-39(55)50-41(37)57)23-27(2)53(26)18-17-30(25-64-31-11-7-4-8-12-31)49-36-14-13-32(20-38(36)65(60,61)44(46,47)48)66(62,63)51-40(56)28-9-5-3-6-10-28/h3-14,19-21,26-27,30,37,49H,15-18,22-25H2,1-2H3,(H,51,56)(H,50,55,57)/t26?,27?,30-,37?/m1/s1. The number of piperazine rings is 1. The summed E-state index contributed by atoms with van der Waals surface area (Å²) in [5.74, 6) is -4.45. The Hall–Kier alpha value is -5.68. The molecule has 350 valence electrons. The van der Waals surface area contributed by atoms with Crippen LogP contribution in [-0.4, -0.2) is 116 Å². The summed E-state index contributed by atoms with van der Waals surface area (Å²) in [4.78, 5) is 67.0. The number of sulfone groups is 1. The lowest BCUT2D eigenvalue weighted by Crippen LogP contribution is -2.56. The van der Waals surface area contributed by atoms with E-state index in [4.69, 9.17) is 0 Å². The highest BCUT2D eigenvalue weighted by Crippen LogP contribution is 2.37. The molecular weight excluding hydrogens is 929 g/mol. The largest absolute Gasteiger partial charge is 0.501 e. The first-order valence-electron chi connectivity index (χ1n) is 20.7. The Balaban J connectivity index is 1.07. The van der Waals surface area contributed by atoms with Gasteiger partial charge in [0.2, 0.25) is 11.8 Å². The molecule has 3 unspecified atom stereocenters. The Kier molecular flexibility index (Phi) is 14.1. The number of anilines is 1. The number of nitrogens with zero attached hydrogens (tertiary/aromatic N) is 3. The summed E-state index contributed by atoms with van der Waals surface area (Å²) in [6, 6.07) is 18.5. The van der Waals surface area contributed by atoms with Gasteiger partial charge in [0.1, 0.15) is 16.8 Å². The number of alkyl halides is 3. The lowest BCUT2D eigenvalue weighted by atomic mass is 10.0. The number of fused-ring (bicyclic) bond motifs is 1. The van der Waals surface area contributed by atoms with Gasteiger partial charge in [-0.15, -0.1) is 11.8 Å². The second-order valence-electron chi connectivity index (χ2n) is 16.2. The van der Waals surface area contributed by atoms with Crippen LogP contribution < -0.4 is 15.4 Å². The van der Waals surface area contributed by atoms with Gasteiger partial charge in [0.05, 0.1) is 21.7 Å². The molecule has 0 radical (unpaired) electrons. The highest BCUT2D eigenvalue weighted by atomic mass is 32.2. The summed E-state index contributed by atoms with van der Waals surface area (Å²) in [5, 5.41) is 5.09. The molecule has 3 heterocycles. The van der Waals surface area contributed by atoms with E-state index in [9.17, 15) is 54.0 Å². The Morgan fingerprint density at radius 1 is 0.864 bits per heavy atom. The Morgan fingerprint density at radius 2 is 1.48 bits per heavy atom. The number of carbonyl (C=O) groups is 5. The molecule has 0 saturated carbocycles. The van der Waals surface area contributed by atoms with Gasteiger partial charge in [0.15, 0.2) is 0 Å². The predicted octanol–water partition coefficient (Wildman–Crippen LogP) is 5.20. The maximum absolute atomic E-state index is 15.6. The molecule has 3 aliphatic heterocycles. The van der Waals surface area contributed by atoms with Gasteiger partial charge in [-0.25, -0.2) is 25.9 Å². The molecule has 2 saturated heterocycles. The van der Waals surface area contributed by atoms with Gasteiger partial charge in [-0.3, -0.25) is 44.0 Å². The van der Waals surface area contributed by atoms with Crippen molar-refractivity contribution in [1.29, 1.82) is 0 Å². The van der Waals surface area contributed by atoms with Crippen molar-refractivity contribution in [1.82, 2.24) is 24.7 Å². The van der Waals surface area contributed by atoms with Crippen molar-refractivity contribution < 1.29 is 58.4 Å². The van der Waals surface area contributed by atoms with Gasteiger partial charge < -0.3 is 5.32 Å². The second-order valence-corrected chi connectivity index (χ2v) is 20.9. The SMILES string of the molecule is CC1CN(Cc2cc3c(cc2F)C(=O)N(C2CCC(=O)NC2=O)C3=O)CC(C)N1CC[C@H](CSc1ccccc1)Nc1ccc(S(=O)(=O)NC(=O)c2ccccc2)cc1S(=O)(=O)C(F)(F)F. The van der Waals surface area contributed by atoms with Crippen molar-refractivity contribution in [2.45, 2.75) is 84.0 Å². The molecule has 4 atom stereocenters. The fourth-order valence-corrected chi connectivity index (χ4v) is 11.4. The summed E-state index contributed by atoms with van der Waals surface area (Å²) in [7, 11) is -11.0. The van der Waals surface area contributed by atoms with Crippen molar-refractivity contribution in [3.8, 4) is 0 Å². The van der Waals surface area contributed by atoms with E-state index in [0.29, 0.717) is 25.7 Å². The topological polar surface area (TPSA) is 199 Å². The fourth-order valence-electron chi connectivity index (χ4n) is 8.33. The molecule has 7 rings (SSSR count). The van der Waals surface area contributed by atoms with Crippen LogP contribution in [0.1, 0.15) is 69.7 Å². The number of halogens is 4. The number of carbonyl (C=O) groups excluding carboxylic acids is 5. The van der Waals surface area contributed by atoms with Gasteiger partial charge in [0.25, 0.3) is 37.6 Å². The molecule has 0 aromatic heterocycles. The van der Waals surface area contributed by atoms with Crippen LogP contribution in [0.3, 0.4) is 0 Å². The lowest BCUT2D eigenvalue weighted by Gasteiger charge is -2.45. The van der Waals surface area contributed by atoms with E-state index < -0.39 is 88.3 Å². The molecule has 0 aliphatic carbocycles.